The van der Waals surface area contributed by atoms with E-state index in [0.717, 1.165) is 22.3 Å². The van der Waals surface area contributed by atoms with Crippen LogP contribution in [-0.4, -0.2) is 19.6 Å². The molecule has 0 spiro atoms. The third-order valence-electron chi connectivity index (χ3n) is 5.80. The molecule has 0 aliphatic heterocycles. The second kappa shape index (κ2) is 11.9. The summed E-state index contributed by atoms with van der Waals surface area (Å²) in [6, 6.07) is 20.7. The second-order valence-electron chi connectivity index (χ2n) is 8.75. The quantitative estimate of drug-likeness (QED) is 0.144. The van der Waals surface area contributed by atoms with Gasteiger partial charge in [-0.3, -0.25) is 9.13 Å². The summed E-state index contributed by atoms with van der Waals surface area (Å²) in [5, 5.41) is 0.0332. The van der Waals surface area contributed by atoms with Crippen LogP contribution in [0.1, 0.15) is 22.3 Å². The number of benzene rings is 2. The van der Waals surface area contributed by atoms with E-state index < -0.39 is 15.2 Å². The number of pyridine rings is 2. The molecule has 2 aromatic heterocycles. The molecule has 4 rings (SSSR count). The van der Waals surface area contributed by atoms with Gasteiger partial charge < -0.3 is 19.6 Å². The van der Waals surface area contributed by atoms with Crippen molar-refractivity contribution in [2.75, 3.05) is 0 Å². The molecule has 0 amide bonds. The highest BCUT2D eigenvalue weighted by atomic mass is 31.2. The van der Waals surface area contributed by atoms with Crippen LogP contribution in [0.2, 0.25) is 0 Å². The zero-order valence-electron chi connectivity index (χ0n) is 20.4. The highest BCUT2D eigenvalue weighted by Gasteiger charge is 2.17. The van der Waals surface area contributed by atoms with Gasteiger partial charge in [-0.2, -0.15) is 0 Å². The van der Waals surface area contributed by atoms with Gasteiger partial charge in [0.05, 0.1) is 10.6 Å². The fourth-order valence-corrected chi connectivity index (χ4v) is 4.79. The van der Waals surface area contributed by atoms with Gasteiger partial charge in [-0.15, -0.1) is 0 Å². The maximum absolute atomic E-state index is 11.3. The zero-order valence-corrected chi connectivity index (χ0v) is 22.1. The molecule has 0 bridgehead atoms. The molecule has 8 nitrogen and oxygen atoms in total. The van der Waals surface area contributed by atoms with Crippen LogP contribution in [0.5, 0.6) is 0 Å². The van der Waals surface area contributed by atoms with E-state index in [1.165, 1.54) is 24.3 Å². The Morgan fingerprint density at radius 2 is 0.842 bits per heavy atom. The van der Waals surface area contributed by atoms with Crippen LogP contribution in [0.25, 0.3) is 12.2 Å². The molecule has 0 radical (unpaired) electrons. The summed E-state index contributed by atoms with van der Waals surface area (Å²) in [5.41, 5.74) is 3.97. The Bertz CT molecular complexity index is 1400. The van der Waals surface area contributed by atoms with Gasteiger partial charge in [0.2, 0.25) is 0 Å². The second-order valence-corrected chi connectivity index (χ2v) is 12.0. The van der Waals surface area contributed by atoms with Gasteiger partial charge >= 0.3 is 15.2 Å². The van der Waals surface area contributed by atoms with Crippen molar-refractivity contribution in [2.24, 2.45) is 0 Å². The Morgan fingerprint density at radius 1 is 0.526 bits per heavy atom. The average molecular weight is 550 g/mol. The summed E-state index contributed by atoms with van der Waals surface area (Å²) in [7, 11) is -8.45. The Labute approximate surface area is 220 Å². The first kappa shape index (κ1) is 27.6. The molecule has 0 aliphatic carbocycles. The first-order chi connectivity index (χ1) is 18.1. The Kier molecular flexibility index (Phi) is 8.65. The molecule has 4 aromatic rings. The number of hydrogen-bond acceptors (Lipinski definition) is 2. The van der Waals surface area contributed by atoms with E-state index in [-0.39, 0.29) is 10.6 Å². The van der Waals surface area contributed by atoms with E-state index in [0.29, 0.717) is 13.1 Å². The minimum absolute atomic E-state index is 0.0166. The van der Waals surface area contributed by atoms with Gasteiger partial charge in [-0.25, -0.2) is 9.13 Å². The molecule has 0 saturated carbocycles. The van der Waals surface area contributed by atoms with E-state index in [4.69, 9.17) is 0 Å². The molecule has 194 valence electrons. The van der Waals surface area contributed by atoms with E-state index in [9.17, 15) is 28.7 Å². The normalized spacial score (nSPS) is 12.4. The summed E-state index contributed by atoms with van der Waals surface area (Å²) < 4.78 is 26.6. The highest BCUT2D eigenvalue weighted by molar-refractivity contribution is 7.60. The van der Waals surface area contributed by atoms with Crippen LogP contribution < -0.4 is 19.7 Å². The lowest BCUT2D eigenvalue weighted by atomic mass is 10.2. The lowest BCUT2D eigenvalue weighted by Crippen LogP contribution is -2.33. The van der Waals surface area contributed by atoms with Crippen molar-refractivity contribution in [2.45, 2.75) is 13.1 Å². The van der Waals surface area contributed by atoms with Crippen LogP contribution in [-0.2, 0) is 22.2 Å². The maximum atomic E-state index is 11.3. The lowest BCUT2D eigenvalue weighted by Gasteiger charge is -2.04. The van der Waals surface area contributed by atoms with Gasteiger partial charge in [-0.05, 0) is 35.4 Å². The molecular formula is C28H28N2O6P2+2. The molecule has 2 heterocycles. The first-order valence-corrected chi connectivity index (χ1v) is 14.9. The van der Waals surface area contributed by atoms with Crippen LogP contribution >= 0.6 is 15.2 Å². The Morgan fingerprint density at radius 3 is 1.13 bits per heavy atom. The van der Waals surface area contributed by atoms with Crippen LogP contribution in [0.15, 0.2) is 110 Å². The smallest absolute Gasteiger partial charge is 0.321 e. The van der Waals surface area contributed by atoms with E-state index >= 15 is 0 Å². The van der Waals surface area contributed by atoms with Crippen molar-refractivity contribution >= 4 is 38.0 Å². The van der Waals surface area contributed by atoms with Gasteiger partial charge in [0.1, 0.15) is 0 Å². The van der Waals surface area contributed by atoms with Crippen molar-refractivity contribution in [3.63, 3.8) is 0 Å². The summed E-state index contributed by atoms with van der Waals surface area (Å²) >= 11 is 0. The number of rotatable bonds is 9. The molecule has 10 heteroatoms. The lowest BCUT2D eigenvalue weighted by molar-refractivity contribution is -0.688. The largest absolute Gasteiger partial charge is 0.356 e. The number of nitrogens with zero attached hydrogens (tertiary/aromatic N) is 2. The maximum Gasteiger partial charge on any atom is 0.356 e. The standard InChI is InChI=1S/C28H26N2O6P2/c31-37(32,33)27-9-5-25(6-10-27)21-29-17-13-23(14-18-29)3-1-2-4-24-15-19-30(20-16-24)22-26-7-11-28(12-8-26)38(34,35)36/h1-20H,21-22H2,(H2-2,31,32,33,34,35,36)/p+2/b3-1+,4-2+. The third-order valence-corrected chi connectivity index (χ3v) is 7.74. The molecule has 2 aromatic carbocycles. The summed E-state index contributed by atoms with van der Waals surface area (Å²) in [6.07, 6.45) is 15.7. The molecule has 0 fully saturated rings. The van der Waals surface area contributed by atoms with E-state index in [1.54, 1.807) is 24.3 Å². The minimum Gasteiger partial charge on any atom is -0.321 e. The van der Waals surface area contributed by atoms with E-state index in [2.05, 4.69) is 0 Å². The minimum atomic E-state index is -4.22. The van der Waals surface area contributed by atoms with E-state index in [1.807, 2.05) is 82.5 Å². The van der Waals surface area contributed by atoms with Crippen molar-refractivity contribution in [1.82, 2.24) is 0 Å². The highest BCUT2D eigenvalue weighted by Crippen LogP contribution is 2.33. The van der Waals surface area contributed by atoms with Crippen molar-refractivity contribution in [3.8, 4) is 0 Å². The third kappa shape index (κ3) is 8.01. The summed E-state index contributed by atoms with van der Waals surface area (Å²) in [5.74, 6) is 0. The fourth-order valence-electron chi connectivity index (χ4n) is 3.72. The first-order valence-electron chi connectivity index (χ1n) is 11.7. The fraction of sp³-hybridized carbons (Fsp3) is 0.0714. The number of allylic oxidation sites excluding steroid dienone is 2. The SMILES string of the molecule is O=P(O)(O)c1ccc(C[n+]2ccc(/C=C/C=C/c3cc[n+](Cc4ccc(P(=O)(O)O)cc4)cc3)cc2)cc1. The molecular weight excluding hydrogens is 522 g/mol. The van der Waals surface area contributed by atoms with Crippen molar-refractivity contribution in [3.05, 3.63) is 132 Å². The molecule has 4 N–H and O–H groups in total. The number of hydrogen-bond donors (Lipinski definition) is 4. The van der Waals surface area contributed by atoms with Crippen LogP contribution in [0.4, 0.5) is 0 Å². The summed E-state index contributed by atoms with van der Waals surface area (Å²) in [4.78, 5) is 36.9. The molecule has 0 saturated heterocycles. The zero-order chi connectivity index (χ0) is 27.2. The Hall–Kier alpha value is -3.48. The average Bonchev–Trinajstić information content (AvgIpc) is 2.88. The van der Waals surface area contributed by atoms with Gasteiger partial charge in [0.15, 0.2) is 37.9 Å². The Balaban J connectivity index is 1.28. The monoisotopic (exact) mass is 550 g/mol. The number of aromatic nitrogens is 2. The van der Waals surface area contributed by atoms with Crippen molar-refractivity contribution < 1.29 is 37.8 Å². The van der Waals surface area contributed by atoms with Crippen LogP contribution in [0.3, 0.4) is 0 Å². The van der Waals surface area contributed by atoms with Gasteiger partial charge in [0, 0.05) is 35.4 Å². The van der Waals surface area contributed by atoms with Crippen molar-refractivity contribution in [1.29, 1.82) is 0 Å². The van der Waals surface area contributed by atoms with Gasteiger partial charge in [-0.1, -0.05) is 48.6 Å². The predicted molar refractivity (Wildman–Crippen MR) is 146 cm³/mol. The predicted octanol–water partition coefficient (Wildman–Crippen LogP) is 2.69. The summed E-state index contributed by atoms with van der Waals surface area (Å²) in [6.45, 7) is 1.19. The topological polar surface area (TPSA) is 123 Å². The molecule has 0 unspecified atom stereocenters. The van der Waals surface area contributed by atoms with Crippen LogP contribution in [0, 0.1) is 0 Å². The molecule has 0 aliphatic rings. The molecule has 38 heavy (non-hydrogen) atoms. The van der Waals surface area contributed by atoms with Gasteiger partial charge in [0.25, 0.3) is 0 Å². The molecule has 0 atom stereocenters.